The Balaban J connectivity index is 2.09. The van der Waals surface area contributed by atoms with Gasteiger partial charge in [0, 0.05) is 18.8 Å². The molecule has 0 aliphatic rings. The highest BCUT2D eigenvalue weighted by Gasteiger charge is 2.14. The zero-order valence-electron chi connectivity index (χ0n) is 9.56. The maximum absolute atomic E-state index is 12.1. The Morgan fingerprint density at radius 1 is 1.39 bits per heavy atom. The van der Waals surface area contributed by atoms with Gasteiger partial charge in [0.05, 0.1) is 6.54 Å². The summed E-state index contributed by atoms with van der Waals surface area (Å²) in [6, 6.07) is 7.01. The molecule has 2 aromatic rings. The maximum atomic E-state index is 12.1. The standard InChI is InChI=1S/C12H10Br2N2O2/c1-16(7-9-2-3-11(14)18-9)12(17)8-4-5-15-10(13)6-8/h2-6H,7H2,1H3. The Kier molecular flexibility index (Phi) is 4.19. The summed E-state index contributed by atoms with van der Waals surface area (Å²) in [5, 5.41) is 0. The van der Waals surface area contributed by atoms with Crippen LogP contribution in [0.5, 0.6) is 0 Å². The summed E-state index contributed by atoms with van der Waals surface area (Å²) in [6.45, 7) is 0.421. The Morgan fingerprint density at radius 2 is 2.17 bits per heavy atom. The normalized spacial score (nSPS) is 10.4. The first-order valence-corrected chi connectivity index (χ1v) is 6.76. The molecule has 0 radical (unpaired) electrons. The minimum absolute atomic E-state index is 0.0781. The monoisotopic (exact) mass is 372 g/mol. The van der Waals surface area contributed by atoms with Crippen molar-refractivity contribution in [2.24, 2.45) is 0 Å². The molecule has 4 nitrogen and oxygen atoms in total. The summed E-state index contributed by atoms with van der Waals surface area (Å²) in [5.41, 5.74) is 0.588. The highest BCUT2D eigenvalue weighted by atomic mass is 79.9. The molecule has 0 aliphatic carbocycles. The maximum Gasteiger partial charge on any atom is 0.254 e. The van der Waals surface area contributed by atoms with E-state index in [1.165, 1.54) is 0 Å². The number of amides is 1. The van der Waals surface area contributed by atoms with E-state index in [2.05, 4.69) is 36.8 Å². The van der Waals surface area contributed by atoms with Crippen molar-refractivity contribution in [1.82, 2.24) is 9.88 Å². The van der Waals surface area contributed by atoms with Crippen LogP contribution in [0, 0.1) is 0 Å². The van der Waals surface area contributed by atoms with E-state index in [4.69, 9.17) is 4.42 Å². The summed E-state index contributed by atoms with van der Waals surface area (Å²) in [4.78, 5) is 17.7. The van der Waals surface area contributed by atoms with E-state index in [0.717, 1.165) is 5.76 Å². The average Bonchev–Trinajstić information content (AvgIpc) is 2.73. The number of hydrogen-bond acceptors (Lipinski definition) is 3. The van der Waals surface area contributed by atoms with Crippen LogP contribution >= 0.6 is 31.9 Å². The number of furan rings is 1. The van der Waals surface area contributed by atoms with Gasteiger partial charge in [-0.05, 0) is 56.1 Å². The van der Waals surface area contributed by atoms with E-state index in [1.807, 2.05) is 6.07 Å². The number of rotatable bonds is 3. The molecular formula is C12H10Br2N2O2. The molecule has 0 aliphatic heterocycles. The Bertz CT molecular complexity index is 569. The number of pyridine rings is 1. The molecule has 0 N–H and O–H groups in total. The topological polar surface area (TPSA) is 46.3 Å². The van der Waals surface area contributed by atoms with Gasteiger partial charge in [-0.3, -0.25) is 4.79 Å². The van der Waals surface area contributed by atoms with Crippen molar-refractivity contribution in [3.8, 4) is 0 Å². The van der Waals surface area contributed by atoms with Crippen molar-refractivity contribution in [3.63, 3.8) is 0 Å². The third kappa shape index (κ3) is 3.20. The molecule has 0 unspecified atom stereocenters. The minimum Gasteiger partial charge on any atom is -0.452 e. The Morgan fingerprint density at radius 3 is 2.78 bits per heavy atom. The quantitative estimate of drug-likeness (QED) is 0.774. The van der Waals surface area contributed by atoms with Gasteiger partial charge in [-0.2, -0.15) is 0 Å². The van der Waals surface area contributed by atoms with Crippen LogP contribution in [0.25, 0.3) is 0 Å². The van der Waals surface area contributed by atoms with Gasteiger partial charge in [0.15, 0.2) is 4.67 Å². The van der Waals surface area contributed by atoms with E-state index in [-0.39, 0.29) is 5.91 Å². The smallest absolute Gasteiger partial charge is 0.254 e. The number of carbonyl (C=O) groups excluding carboxylic acids is 1. The van der Waals surface area contributed by atoms with E-state index < -0.39 is 0 Å². The summed E-state index contributed by atoms with van der Waals surface area (Å²) in [6.07, 6.45) is 1.59. The van der Waals surface area contributed by atoms with Crippen molar-refractivity contribution in [3.05, 3.63) is 51.1 Å². The van der Waals surface area contributed by atoms with Gasteiger partial charge in [0.25, 0.3) is 5.91 Å². The first-order chi connectivity index (χ1) is 8.56. The Labute approximate surface area is 121 Å². The van der Waals surface area contributed by atoms with Gasteiger partial charge in [-0.15, -0.1) is 0 Å². The number of aromatic nitrogens is 1. The van der Waals surface area contributed by atoms with Crippen LogP contribution in [0.1, 0.15) is 16.1 Å². The molecule has 2 rings (SSSR count). The molecule has 0 saturated heterocycles. The number of carbonyl (C=O) groups is 1. The van der Waals surface area contributed by atoms with Crippen LogP contribution in [0.3, 0.4) is 0 Å². The zero-order chi connectivity index (χ0) is 13.1. The molecule has 0 bridgehead atoms. The number of hydrogen-bond donors (Lipinski definition) is 0. The molecule has 0 atom stereocenters. The van der Waals surface area contributed by atoms with Gasteiger partial charge >= 0.3 is 0 Å². The van der Waals surface area contributed by atoms with Crippen LogP contribution in [-0.2, 0) is 6.54 Å². The van der Waals surface area contributed by atoms with Crippen LogP contribution < -0.4 is 0 Å². The fraction of sp³-hybridized carbons (Fsp3) is 0.167. The van der Waals surface area contributed by atoms with Crippen LogP contribution in [-0.4, -0.2) is 22.8 Å². The summed E-state index contributed by atoms with van der Waals surface area (Å²) in [5.74, 6) is 0.650. The third-order valence-electron chi connectivity index (χ3n) is 2.34. The number of halogens is 2. The lowest BCUT2D eigenvalue weighted by molar-refractivity contribution is 0.0775. The molecule has 0 spiro atoms. The molecule has 0 saturated carbocycles. The van der Waals surface area contributed by atoms with Crippen molar-refractivity contribution in [1.29, 1.82) is 0 Å². The second-order valence-electron chi connectivity index (χ2n) is 3.73. The molecule has 2 aromatic heterocycles. The highest BCUT2D eigenvalue weighted by molar-refractivity contribution is 9.10. The van der Waals surface area contributed by atoms with E-state index in [1.54, 1.807) is 36.3 Å². The van der Waals surface area contributed by atoms with E-state index in [0.29, 0.717) is 21.4 Å². The largest absolute Gasteiger partial charge is 0.452 e. The van der Waals surface area contributed by atoms with Gasteiger partial charge in [-0.25, -0.2) is 4.98 Å². The number of nitrogens with zero attached hydrogens (tertiary/aromatic N) is 2. The fourth-order valence-electron chi connectivity index (χ4n) is 1.50. The summed E-state index contributed by atoms with van der Waals surface area (Å²) >= 11 is 6.47. The molecule has 2 heterocycles. The second kappa shape index (κ2) is 5.67. The first kappa shape index (κ1) is 13.3. The fourth-order valence-corrected chi connectivity index (χ4v) is 2.20. The van der Waals surface area contributed by atoms with Gasteiger partial charge in [0.1, 0.15) is 10.4 Å². The molecule has 0 fully saturated rings. The minimum atomic E-state index is -0.0781. The van der Waals surface area contributed by atoms with Gasteiger partial charge in [0.2, 0.25) is 0 Å². The van der Waals surface area contributed by atoms with E-state index in [9.17, 15) is 4.79 Å². The molecular weight excluding hydrogens is 364 g/mol. The van der Waals surface area contributed by atoms with Crippen molar-refractivity contribution in [2.75, 3.05) is 7.05 Å². The van der Waals surface area contributed by atoms with Gasteiger partial charge in [-0.1, -0.05) is 0 Å². The first-order valence-electron chi connectivity index (χ1n) is 5.17. The van der Waals surface area contributed by atoms with Crippen LogP contribution in [0.2, 0.25) is 0 Å². The summed E-state index contributed by atoms with van der Waals surface area (Å²) < 4.78 is 6.66. The third-order valence-corrected chi connectivity index (χ3v) is 3.20. The van der Waals surface area contributed by atoms with Gasteiger partial charge < -0.3 is 9.32 Å². The SMILES string of the molecule is CN(Cc1ccc(Br)o1)C(=O)c1ccnc(Br)c1. The zero-order valence-corrected chi connectivity index (χ0v) is 12.7. The molecule has 6 heteroatoms. The molecule has 94 valence electrons. The van der Waals surface area contributed by atoms with Crippen LogP contribution in [0.15, 0.2) is 44.2 Å². The van der Waals surface area contributed by atoms with Crippen molar-refractivity contribution < 1.29 is 9.21 Å². The lowest BCUT2D eigenvalue weighted by Gasteiger charge is -2.15. The second-order valence-corrected chi connectivity index (χ2v) is 5.33. The lowest BCUT2D eigenvalue weighted by Crippen LogP contribution is -2.26. The molecule has 0 aromatic carbocycles. The highest BCUT2D eigenvalue weighted by Crippen LogP contribution is 2.16. The predicted molar refractivity (Wildman–Crippen MR) is 74.1 cm³/mol. The van der Waals surface area contributed by atoms with E-state index >= 15 is 0 Å². The predicted octanol–water partition coefficient (Wildman–Crippen LogP) is 3.47. The average molecular weight is 374 g/mol. The summed E-state index contributed by atoms with van der Waals surface area (Å²) in [7, 11) is 1.73. The molecule has 18 heavy (non-hydrogen) atoms. The Hall–Kier alpha value is -1.14. The van der Waals surface area contributed by atoms with Crippen molar-refractivity contribution >= 4 is 37.8 Å². The molecule has 1 amide bonds. The van der Waals surface area contributed by atoms with Crippen LogP contribution in [0.4, 0.5) is 0 Å². The lowest BCUT2D eigenvalue weighted by atomic mass is 10.2. The van der Waals surface area contributed by atoms with Crippen molar-refractivity contribution in [2.45, 2.75) is 6.54 Å².